The fraction of sp³-hybridized carbons (Fsp3) is 0.286. The number of ether oxygens (including phenoxy) is 2. The number of cyclic esters (lactones) is 2. The van der Waals surface area contributed by atoms with E-state index in [2.05, 4.69) is 15.1 Å². The standard InChI is InChI=1S/C21H20N4O5/c1-4-16-22-8-9-25(16)12-17-23-18(24-30-17)14-7-5-6-13(10-14)11-15-19(26)28-21(2,3)29-20(15)27/h5-11H,4,12H2,1-3H3. The summed E-state index contributed by atoms with van der Waals surface area (Å²) in [5.74, 6) is -0.952. The van der Waals surface area contributed by atoms with Crippen molar-refractivity contribution >= 4 is 18.0 Å². The number of nitrogens with zero attached hydrogens (tertiary/aromatic N) is 4. The van der Waals surface area contributed by atoms with Gasteiger partial charge in [-0.15, -0.1) is 0 Å². The number of carbonyl (C=O) groups excluding carboxylic acids is 2. The van der Waals surface area contributed by atoms with Crippen LogP contribution in [0, 0.1) is 0 Å². The predicted octanol–water partition coefficient (Wildman–Crippen LogP) is 2.76. The number of hydrogen-bond acceptors (Lipinski definition) is 8. The zero-order chi connectivity index (χ0) is 21.3. The average Bonchev–Trinajstić information content (AvgIpc) is 3.34. The van der Waals surface area contributed by atoms with E-state index < -0.39 is 17.7 Å². The summed E-state index contributed by atoms with van der Waals surface area (Å²) in [5, 5.41) is 4.04. The van der Waals surface area contributed by atoms with E-state index in [0.29, 0.717) is 29.4 Å². The second-order valence-corrected chi connectivity index (χ2v) is 7.20. The van der Waals surface area contributed by atoms with Crippen LogP contribution in [0.5, 0.6) is 0 Å². The van der Waals surface area contributed by atoms with Crippen LogP contribution in [0.3, 0.4) is 0 Å². The molecule has 0 bridgehead atoms. The Bertz CT molecular complexity index is 1120. The first-order chi connectivity index (χ1) is 14.3. The monoisotopic (exact) mass is 408 g/mol. The molecule has 2 aromatic heterocycles. The fourth-order valence-corrected chi connectivity index (χ4v) is 3.09. The molecule has 4 rings (SSSR count). The molecule has 1 fully saturated rings. The summed E-state index contributed by atoms with van der Waals surface area (Å²) >= 11 is 0. The third-order valence-corrected chi connectivity index (χ3v) is 4.46. The van der Waals surface area contributed by atoms with Crippen molar-refractivity contribution in [1.29, 1.82) is 0 Å². The maximum atomic E-state index is 12.1. The van der Waals surface area contributed by atoms with Gasteiger partial charge in [-0.2, -0.15) is 4.98 Å². The first kappa shape index (κ1) is 19.6. The Morgan fingerprint density at radius 2 is 1.93 bits per heavy atom. The Kier molecular flexibility index (Phi) is 4.94. The smallest absolute Gasteiger partial charge is 0.348 e. The van der Waals surface area contributed by atoms with Gasteiger partial charge in [0, 0.05) is 38.2 Å². The number of aryl methyl sites for hydroxylation is 1. The minimum atomic E-state index is -1.28. The summed E-state index contributed by atoms with van der Waals surface area (Å²) in [4.78, 5) is 33.0. The van der Waals surface area contributed by atoms with Gasteiger partial charge in [-0.05, 0) is 17.7 Å². The highest BCUT2D eigenvalue weighted by Crippen LogP contribution is 2.25. The molecule has 0 saturated carbocycles. The molecule has 0 atom stereocenters. The topological polar surface area (TPSA) is 109 Å². The second kappa shape index (κ2) is 7.58. The first-order valence-corrected chi connectivity index (χ1v) is 9.46. The SMILES string of the molecule is CCc1nccn1Cc1nc(-c2cccc(C=C3C(=O)OC(C)(C)OC3=O)c2)no1. The van der Waals surface area contributed by atoms with Gasteiger partial charge in [-0.3, -0.25) is 0 Å². The van der Waals surface area contributed by atoms with Crippen molar-refractivity contribution in [2.75, 3.05) is 0 Å². The van der Waals surface area contributed by atoms with E-state index in [1.54, 1.807) is 24.4 Å². The molecule has 1 aromatic carbocycles. The van der Waals surface area contributed by atoms with E-state index in [1.807, 2.05) is 23.8 Å². The maximum absolute atomic E-state index is 12.1. The summed E-state index contributed by atoms with van der Waals surface area (Å²) in [6.07, 6.45) is 5.81. The van der Waals surface area contributed by atoms with Crippen LogP contribution < -0.4 is 0 Å². The number of esters is 2. The Morgan fingerprint density at radius 3 is 2.67 bits per heavy atom. The Labute approximate surface area is 172 Å². The van der Waals surface area contributed by atoms with Crippen LogP contribution in [0.2, 0.25) is 0 Å². The lowest BCUT2D eigenvalue weighted by Gasteiger charge is -2.29. The quantitative estimate of drug-likeness (QED) is 0.360. The van der Waals surface area contributed by atoms with Crippen molar-refractivity contribution in [2.45, 2.75) is 39.5 Å². The van der Waals surface area contributed by atoms with Gasteiger partial charge in [0.1, 0.15) is 17.9 Å². The number of aromatic nitrogens is 4. The third kappa shape index (κ3) is 4.00. The lowest BCUT2D eigenvalue weighted by Crippen LogP contribution is -2.41. The molecule has 0 spiro atoms. The molecule has 1 aliphatic rings. The van der Waals surface area contributed by atoms with E-state index >= 15 is 0 Å². The highest BCUT2D eigenvalue weighted by molar-refractivity contribution is 6.18. The molecule has 0 radical (unpaired) electrons. The summed E-state index contributed by atoms with van der Waals surface area (Å²) in [7, 11) is 0. The van der Waals surface area contributed by atoms with Crippen molar-refractivity contribution in [1.82, 2.24) is 19.7 Å². The molecule has 3 heterocycles. The van der Waals surface area contributed by atoms with E-state index in [1.165, 1.54) is 19.9 Å². The molecule has 1 saturated heterocycles. The molecule has 154 valence electrons. The van der Waals surface area contributed by atoms with Crippen molar-refractivity contribution in [3.8, 4) is 11.4 Å². The zero-order valence-corrected chi connectivity index (χ0v) is 16.8. The maximum Gasteiger partial charge on any atom is 0.348 e. The molecule has 9 nitrogen and oxygen atoms in total. The summed E-state index contributed by atoms with van der Waals surface area (Å²) in [5.41, 5.74) is 1.11. The Balaban J connectivity index is 1.56. The Hall–Kier alpha value is -3.75. The molecule has 1 aliphatic heterocycles. The number of benzene rings is 1. The minimum Gasteiger partial charge on any atom is -0.419 e. The van der Waals surface area contributed by atoms with Crippen LogP contribution in [0.4, 0.5) is 0 Å². The number of carbonyl (C=O) groups is 2. The van der Waals surface area contributed by atoms with Crippen LogP contribution in [0.1, 0.15) is 38.0 Å². The van der Waals surface area contributed by atoms with Crippen LogP contribution in [0.15, 0.2) is 46.8 Å². The predicted molar refractivity (Wildman–Crippen MR) is 105 cm³/mol. The largest absolute Gasteiger partial charge is 0.419 e. The molecule has 3 aromatic rings. The van der Waals surface area contributed by atoms with Gasteiger partial charge in [-0.1, -0.05) is 30.3 Å². The molecule has 0 N–H and O–H groups in total. The first-order valence-electron chi connectivity index (χ1n) is 9.46. The van der Waals surface area contributed by atoms with Crippen LogP contribution in [-0.2, 0) is 32.0 Å². The van der Waals surface area contributed by atoms with Gasteiger partial charge in [0.2, 0.25) is 11.7 Å². The van der Waals surface area contributed by atoms with Crippen molar-refractivity contribution in [2.24, 2.45) is 0 Å². The molecule has 0 aliphatic carbocycles. The van der Waals surface area contributed by atoms with E-state index in [0.717, 1.165) is 12.2 Å². The van der Waals surface area contributed by atoms with Gasteiger partial charge in [0.05, 0.1) is 0 Å². The average molecular weight is 408 g/mol. The normalized spacial score (nSPS) is 15.6. The molecule has 9 heteroatoms. The summed E-state index contributed by atoms with van der Waals surface area (Å²) in [6.45, 7) is 5.45. The van der Waals surface area contributed by atoms with Crippen molar-refractivity contribution in [3.05, 3.63) is 59.5 Å². The highest BCUT2D eigenvalue weighted by Gasteiger charge is 2.38. The lowest BCUT2D eigenvalue weighted by atomic mass is 10.1. The van der Waals surface area contributed by atoms with Crippen LogP contribution >= 0.6 is 0 Å². The van der Waals surface area contributed by atoms with Gasteiger partial charge in [-0.25, -0.2) is 14.6 Å². The second-order valence-electron chi connectivity index (χ2n) is 7.20. The van der Waals surface area contributed by atoms with Crippen molar-refractivity contribution in [3.63, 3.8) is 0 Å². The number of rotatable bonds is 5. The molecule has 0 amide bonds. The van der Waals surface area contributed by atoms with Gasteiger partial charge < -0.3 is 18.6 Å². The summed E-state index contributed by atoms with van der Waals surface area (Å²) in [6, 6.07) is 7.08. The lowest BCUT2D eigenvalue weighted by molar-refractivity contribution is -0.222. The zero-order valence-electron chi connectivity index (χ0n) is 16.8. The molecular formula is C21H20N4O5. The Morgan fingerprint density at radius 1 is 1.17 bits per heavy atom. The third-order valence-electron chi connectivity index (χ3n) is 4.46. The van der Waals surface area contributed by atoms with E-state index in [4.69, 9.17) is 14.0 Å². The van der Waals surface area contributed by atoms with Gasteiger partial charge >= 0.3 is 11.9 Å². The van der Waals surface area contributed by atoms with Gasteiger partial charge in [0.25, 0.3) is 5.79 Å². The van der Waals surface area contributed by atoms with Gasteiger partial charge in [0.15, 0.2) is 0 Å². The number of hydrogen-bond donors (Lipinski definition) is 0. The van der Waals surface area contributed by atoms with E-state index in [-0.39, 0.29) is 5.57 Å². The highest BCUT2D eigenvalue weighted by atomic mass is 16.7. The molecular weight excluding hydrogens is 388 g/mol. The number of imidazole rings is 1. The minimum absolute atomic E-state index is 0.174. The summed E-state index contributed by atoms with van der Waals surface area (Å²) < 4.78 is 17.5. The van der Waals surface area contributed by atoms with Crippen LogP contribution in [-0.4, -0.2) is 37.4 Å². The fourth-order valence-electron chi connectivity index (χ4n) is 3.09. The molecule has 0 unspecified atom stereocenters. The van der Waals surface area contributed by atoms with Crippen LogP contribution in [0.25, 0.3) is 17.5 Å². The van der Waals surface area contributed by atoms with Crippen molar-refractivity contribution < 1.29 is 23.6 Å². The van der Waals surface area contributed by atoms with E-state index in [9.17, 15) is 9.59 Å². The molecule has 30 heavy (non-hydrogen) atoms.